The Balaban J connectivity index is 2.07. The van der Waals surface area contributed by atoms with Crippen molar-refractivity contribution in [2.24, 2.45) is 13.0 Å². The third-order valence-electron chi connectivity index (χ3n) is 3.83. The van der Waals surface area contributed by atoms with Crippen molar-refractivity contribution < 1.29 is 0 Å². The van der Waals surface area contributed by atoms with Gasteiger partial charge < -0.3 is 5.73 Å². The second-order valence-corrected chi connectivity index (χ2v) is 4.73. The Kier molecular flexibility index (Phi) is 2.98. The van der Waals surface area contributed by atoms with Crippen molar-refractivity contribution in [3.05, 3.63) is 11.9 Å². The number of aromatic nitrogens is 2. The van der Waals surface area contributed by atoms with Gasteiger partial charge in [-0.3, -0.25) is 4.68 Å². The number of anilines is 1. The lowest BCUT2D eigenvalue weighted by Gasteiger charge is -2.28. The average Bonchev–Trinajstić information content (AvgIpc) is 2.59. The summed E-state index contributed by atoms with van der Waals surface area (Å²) in [6.07, 6.45) is 8.37. The second-order valence-electron chi connectivity index (χ2n) is 4.73. The van der Waals surface area contributed by atoms with E-state index in [9.17, 15) is 0 Å². The topological polar surface area (TPSA) is 43.8 Å². The molecule has 1 heterocycles. The van der Waals surface area contributed by atoms with E-state index in [0.717, 1.165) is 11.6 Å². The van der Waals surface area contributed by atoms with Crippen LogP contribution in [0.1, 0.15) is 50.6 Å². The zero-order chi connectivity index (χ0) is 10.8. The minimum atomic E-state index is 0.639. The van der Waals surface area contributed by atoms with Gasteiger partial charge in [-0.2, -0.15) is 5.10 Å². The fraction of sp³-hybridized carbons (Fsp3) is 0.750. The summed E-state index contributed by atoms with van der Waals surface area (Å²) >= 11 is 0. The highest BCUT2D eigenvalue weighted by Gasteiger charge is 2.24. The van der Waals surface area contributed by atoms with Crippen LogP contribution in [0.3, 0.4) is 0 Å². The number of aryl methyl sites for hydroxylation is 1. The Morgan fingerprint density at radius 1 is 1.40 bits per heavy atom. The maximum atomic E-state index is 5.96. The summed E-state index contributed by atoms with van der Waals surface area (Å²) in [5, 5.41) is 4.22. The van der Waals surface area contributed by atoms with Gasteiger partial charge in [0.2, 0.25) is 0 Å². The predicted octanol–water partition coefficient (Wildman–Crippen LogP) is 2.69. The highest BCUT2D eigenvalue weighted by molar-refractivity contribution is 5.43. The summed E-state index contributed by atoms with van der Waals surface area (Å²) in [6, 6.07) is 0. The first-order valence-corrected chi connectivity index (χ1v) is 5.99. The van der Waals surface area contributed by atoms with Crippen molar-refractivity contribution in [2.45, 2.75) is 44.9 Å². The molecular formula is C12H21N3. The Labute approximate surface area is 91.7 Å². The number of nitrogens with zero attached hydrogens (tertiary/aromatic N) is 2. The maximum absolute atomic E-state index is 5.96. The van der Waals surface area contributed by atoms with E-state index in [0.29, 0.717) is 5.92 Å². The second kappa shape index (κ2) is 4.25. The number of hydrogen-bond acceptors (Lipinski definition) is 2. The highest BCUT2D eigenvalue weighted by Crippen LogP contribution is 2.38. The first-order chi connectivity index (χ1) is 7.22. The molecular weight excluding hydrogens is 186 g/mol. The molecule has 0 aromatic carbocycles. The van der Waals surface area contributed by atoms with E-state index in [1.54, 1.807) is 6.20 Å². The number of hydrogen-bond donors (Lipinski definition) is 1. The fourth-order valence-electron chi connectivity index (χ4n) is 2.81. The fourth-order valence-corrected chi connectivity index (χ4v) is 2.81. The molecule has 1 saturated carbocycles. The summed E-state index contributed by atoms with van der Waals surface area (Å²) in [4.78, 5) is 0. The Bertz CT molecular complexity index is 302. The van der Waals surface area contributed by atoms with Crippen LogP contribution < -0.4 is 5.73 Å². The molecule has 84 valence electrons. The first-order valence-electron chi connectivity index (χ1n) is 5.99. The Morgan fingerprint density at radius 2 is 2.07 bits per heavy atom. The van der Waals surface area contributed by atoms with Gasteiger partial charge in [-0.1, -0.05) is 13.3 Å². The van der Waals surface area contributed by atoms with E-state index in [2.05, 4.69) is 12.0 Å². The van der Waals surface area contributed by atoms with E-state index < -0.39 is 0 Å². The van der Waals surface area contributed by atoms with Crippen LogP contribution in [-0.2, 0) is 7.05 Å². The Hall–Kier alpha value is -0.990. The van der Waals surface area contributed by atoms with E-state index in [4.69, 9.17) is 5.73 Å². The molecule has 1 fully saturated rings. The van der Waals surface area contributed by atoms with Crippen LogP contribution in [0.5, 0.6) is 0 Å². The molecule has 2 rings (SSSR count). The molecule has 0 unspecified atom stereocenters. The lowest BCUT2D eigenvalue weighted by Crippen LogP contribution is -2.16. The maximum Gasteiger partial charge on any atom is 0.0735 e. The minimum Gasteiger partial charge on any atom is -0.396 e. The first kappa shape index (κ1) is 10.5. The lowest BCUT2D eigenvalue weighted by atomic mass is 9.79. The molecule has 0 spiro atoms. The van der Waals surface area contributed by atoms with Gasteiger partial charge in [0.15, 0.2) is 0 Å². The normalized spacial score (nSPS) is 26.8. The zero-order valence-electron chi connectivity index (χ0n) is 9.74. The monoisotopic (exact) mass is 207 g/mol. The van der Waals surface area contributed by atoms with Gasteiger partial charge in [0.25, 0.3) is 0 Å². The van der Waals surface area contributed by atoms with Gasteiger partial charge in [0.05, 0.1) is 17.6 Å². The van der Waals surface area contributed by atoms with Crippen LogP contribution in [0.25, 0.3) is 0 Å². The number of nitrogen functional groups attached to an aromatic ring is 1. The largest absolute Gasteiger partial charge is 0.396 e. The molecule has 0 saturated heterocycles. The van der Waals surface area contributed by atoms with Crippen molar-refractivity contribution in [1.82, 2.24) is 9.78 Å². The highest BCUT2D eigenvalue weighted by atomic mass is 15.3. The zero-order valence-corrected chi connectivity index (χ0v) is 9.74. The smallest absolute Gasteiger partial charge is 0.0735 e. The Morgan fingerprint density at radius 3 is 2.53 bits per heavy atom. The van der Waals surface area contributed by atoms with Gasteiger partial charge in [-0.25, -0.2) is 0 Å². The van der Waals surface area contributed by atoms with Crippen molar-refractivity contribution in [2.75, 3.05) is 5.73 Å². The van der Waals surface area contributed by atoms with Crippen molar-refractivity contribution in [3.8, 4) is 0 Å². The van der Waals surface area contributed by atoms with Crippen LogP contribution in [0, 0.1) is 5.92 Å². The number of rotatable bonds is 2. The SMILES string of the molecule is CCC1CCC(c2c(N)cnn2C)CC1. The van der Waals surface area contributed by atoms with Crippen molar-refractivity contribution >= 4 is 5.69 Å². The van der Waals surface area contributed by atoms with E-state index >= 15 is 0 Å². The quantitative estimate of drug-likeness (QED) is 0.810. The van der Waals surface area contributed by atoms with Crippen LogP contribution in [0.15, 0.2) is 6.20 Å². The van der Waals surface area contributed by atoms with Crippen molar-refractivity contribution in [3.63, 3.8) is 0 Å². The van der Waals surface area contributed by atoms with Crippen LogP contribution in [-0.4, -0.2) is 9.78 Å². The predicted molar refractivity (Wildman–Crippen MR) is 62.6 cm³/mol. The molecule has 3 heteroatoms. The molecule has 0 bridgehead atoms. The van der Waals surface area contributed by atoms with Gasteiger partial charge in [0, 0.05) is 13.0 Å². The molecule has 0 atom stereocenters. The van der Waals surface area contributed by atoms with Crippen LogP contribution in [0.2, 0.25) is 0 Å². The molecule has 0 amide bonds. The van der Waals surface area contributed by atoms with Crippen molar-refractivity contribution in [1.29, 1.82) is 0 Å². The van der Waals surface area contributed by atoms with Crippen LogP contribution in [0.4, 0.5) is 5.69 Å². The molecule has 1 aliphatic carbocycles. The molecule has 1 aliphatic rings. The summed E-state index contributed by atoms with van der Waals surface area (Å²) in [5.41, 5.74) is 8.08. The van der Waals surface area contributed by atoms with E-state index in [1.807, 2.05) is 11.7 Å². The molecule has 1 aromatic rings. The van der Waals surface area contributed by atoms with E-state index in [1.165, 1.54) is 37.8 Å². The summed E-state index contributed by atoms with van der Waals surface area (Å²) in [6.45, 7) is 2.30. The van der Waals surface area contributed by atoms with E-state index in [-0.39, 0.29) is 0 Å². The third kappa shape index (κ3) is 2.01. The van der Waals surface area contributed by atoms with Gasteiger partial charge in [-0.05, 0) is 31.6 Å². The molecule has 1 aromatic heterocycles. The average molecular weight is 207 g/mol. The van der Waals surface area contributed by atoms with Gasteiger partial charge in [0.1, 0.15) is 0 Å². The summed E-state index contributed by atoms with van der Waals surface area (Å²) in [7, 11) is 2.00. The summed E-state index contributed by atoms with van der Waals surface area (Å²) < 4.78 is 1.95. The minimum absolute atomic E-state index is 0.639. The molecule has 0 radical (unpaired) electrons. The lowest BCUT2D eigenvalue weighted by molar-refractivity contribution is 0.312. The molecule has 2 N–H and O–H groups in total. The third-order valence-corrected chi connectivity index (χ3v) is 3.83. The number of nitrogens with two attached hydrogens (primary N) is 1. The molecule has 0 aliphatic heterocycles. The van der Waals surface area contributed by atoms with Crippen LogP contribution >= 0.6 is 0 Å². The standard InChI is InChI=1S/C12H21N3/c1-3-9-4-6-10(7-5-9)12-11(13)8-14-15(12)2/h8-10H,3-7,13H2,1-2H3. The molecule has 3 nitrogen and oxygen atoms in total. The summed E-state index contributed by atoms with van der Waals surface area (Å²) in [5.74, 6) is 1.58. The molecule has 15 heavy (non-hydrogen) atoms. The van der Waals surface area contributed by atoms with Gasteiger partial charge in [-0.15, -0.1) is 0 Å². The van der Waals surface area contributed by atoms with Gasteiger partial charge >= 0.3 is 0 Å².